The van der Waals surface area contributed by atoms with Crippen molar-refractivity contribution in [1.82, 2.24) is 9.88 Å². The Bertz CT molecular complexity index is 729. The fourth-order valence-electron chi connectivity index (χ4n) is 2.16. The van der Waals surface area contributed by atoms with E-state index in [4.69, 9.17) is 11.6 Å². The Morgan fingerprint density at radius 1 is 1.26 bits per heavy atom. The molecule has 0 aliphatic carbocycles. The fourth-order valence-corrected chi connectivity index (χ4v) is 3.93. The minimum Gasteiger partial charge on any atom is -0.336 e. The Balaban J connectivity index is 1.67. The first kappa shape index (κ1) is 16.3. The van der Waals surface area contributed by atoms with Crippen LogP contribution in [-0.2, 0) is 0 Å². The van der Waals surface area contributed by atoms with E-state index in [-0.39, 0.29) is 11.8 Å². The molecule has 8 heteroatoms. The average Bonchev–Trinajstić information content (AvgIpc) is 3.03. The summed E-state index contributed by atoms with van der Waals surface area (Å²) in [6.07, 6.45) is 0. The van der Waals surface area contributed by atoms with Crippen molar-refractivity contribution in [1.29, 1.82) is 0 Å². The van der Waals surface area contributed by atoms with Gasteiger partial charge in [-0.2, -0.15) is 11.8 Å². The van der Waals surface area contributed by atoms with E-state index in [0.29, 0.717) is 21.4 Å². The standard InChI is InChI=1S/C15H14ClN3O2S2/c16-11-3-1-2-10(8-11)13(20)18-15-17-12(9-23-15)14(21)19-4-6-22-7-5-19/h1-3,8-9H,4-7H2,(H,17,18,20). The molecule has 1 aromatic heterocycles. The molecule has 2 amide bonds. The summed E-state index contributed by atoms with van der Waals surface area (Å²) in [4.78, 5) is 30.5. The molecule has 1 N–H and O–H groups in total. The lowest BCUT2D eigenvalue weighted by Crippen LogP contribution is -2.38. The zero-order chi connectivity index (χ0) is 16.2. The Morgan fingerprint density at radius 2 is 2.04 bits per heavy atom. The Hall–Kier alpha value is -1.57. The molecular formula is C15H14ClN3O2S2. The van der Waals surface area contributed by atoms with Crippen molar-refractivity contribution in [3.8, 4) is 0 Å². The first-order valence-corrected chi connectivity index (χ1v) is 9.44. The summed E-state index contributed by atoms with van der Waals surface area (Å²) in [6.45, 7) is 1.48. The molecule has 1 aliphatic rings. The second kappa shape index (κ2) is 7.33. The normalized spacial score (nSPS) is 14.6. The third-order valence-corrected chi connectivity index (χ3v) is 5.26. The van der Waals surface area contributed by atoms with Gasteiger partial charge in [0, 0.05) is 40.6 Å². The van der Waals surface area contributed by atoms with Gasteiger partial charge in [-0.15, -0.1) is 11.3 Å². The summed E-state index contributed by atoms with van der Waals surface area (Å²) in [5.74, 6) is 1.53. The number of aromatic nitrogens is 1. The quantitative estimate of drug-likeness (QED) is 0.904. The number of hydrogen-bond donors (Lipinski definition) is 1. The van der Waals surface area contributed by atoms with Gasteiger partial charge in [0.2, 0.25) is 0 Å². The van der Waals surface area contributed by atoms with Crippen molar-refractivity contribution in [3.63, 3.8) is 0 Å². The number of nitrogens with zero attached hydrogens (tertiary/aromatic N) is 2. The third kappa shape index (κ3) is 4.04. The van der Waals surface area contributed by atoms with Crippen LogP contribution in [0.1, 0.15) is 20.8 Å². The lowest BCUT2D eigenvalue weighted by atomic mass is 10.2. The van der Waals surface area contributed by atoms with E-state index in [1.54, 1.807) is 34.5 Å². The zero-order valence-electron chi connectivity index (χ0n) is 12.1. The van der Waals surface area contributed by atoms with Crippen molar-refractivity contribution < 1.29 is 9.59 Å². The maximum atomic E-state index is 12.3. The first-order chi connectivity index (χ1) is 11.1. The van der Waals surface area contributed by atoms with E-state index < -0.39 is 0 Å². The second-order valence-electron chi connectivity index (χ2n) is 4.91. The summed E-state index contributed by atoms with van der Waals surface area (Å²) in [6, 6.07) is 6.67. The zero-order valence-corrected chi connectivity index (χ0v) is 14.5. The number of thiazole rings is 1. The summed E-state index contributed by atoms with van der Waals surface area (Å²) in [7, 11) is 0. The lowest BCUT2D eigenvalue weighted by Gasteiger charge is -2.25. The highest BCUT2D eigenvalue weighted by atomic mass is 35.5. The van der Waals surface area contributed by atoms with E-state index in [2.05, 4.69) is 10.3 Å². The minimum atomic E-state index is -0.296. The number of halogens is 1. The third-order valence-electron chi connectivity index (χ3n) is 3.33. The van der Waals surface area contributed by atoms with Crippen LogP contribution in [-0.4, -0.2) is 46.3 Å². The van der Waals surface area contributed by atoms with Gasteiger partial charge in [-0.1, -0.05) is 17.7 Å². The molecule has 5 nitrogen and oxygen atoms in total. The van der Waals surface area contributed by atoms with Crippen LogP contribution >= 0.6 is 34.7 Å². The van der Waals surface area contributed by atoms with Crippen LogP contribution < -0.4 is 5.32 Å². The monoisotopic (exact) mass is 367 g/mol. The molecule has 0 saturated carbocycles. The van der Waals surface area contributed by atoms with Crippen molar-refractivity contribution in [2.75, 3.05) is 29.9 Å². The van der Waals surface area contributed by atoms with Crippen LogP contribution in [0.5, 0.6) is 0 Å². The number of nitrogens with one attached hydrogen (secondary N) is 1. The van der Waals surface area contributed by atoms with E-state index >= 15 is 0 Å². The molecule has 0 radical (unpaired) electrons. The van der Waals surface area contributed by atoms with Gasteiger partial charge in [0.15, 0.2) is 5.13 Å². The number of hydrogen-bond acceptors (Lipinski definition) is 5. The molecule has 23 heavy (non-hydrogen) atoms. The van der Waals surface area contributed by atoms with Gasteiger partial charge in [-0.3, -0.25) is 14.9 Å². The predicted molar refractivity (Wildman–Crippen MR) is 94.7 cm³/mol. The van der Waals surface area contributed by atoms with Crippen LogP contribution in [0.4, 0.5) is 5.13 Å². The van der Waals surface area contributed by atoms with Crippen LogP contribution in [0.15, 0.2) is 29.6 Å². The van der Waals surface area contributed by atoms with Crippen molar-refractivity contribution in [2.24, 2.45) is 0 Å². The van der Waals surface area contributed by atoms with E-state index in [0.717, 1.165) is 24.6 Å². The maximum absolute atomic E-state index is 12.3. The Labute approximate surface area is 147 Å². The van der Waals surface area contributed by atoms with Gasteiger partial charge >= 0.3 is 0 Å². The topological polar surface area (TPSA) is 62.3 Å². The van der Waals surface area contributed by atoms with Gasteiger partial charge in [-0.05, 0) is 18.2 Å². The van der Waals surface area contributed by atoms with E-state index in [1.165, 1.54) is 11.3 Å². The molecule has 0 bridgehead atoms. The molecule has 1 saturated heterocycles. The number of carbonyl (C=O) groups is 2. The van der Waals surface area contributed by atoms with Gasteiger partial charge < -0.3 is 4.90 Å². The number of benzene rings is 1. The molecule has 0 spiro atoms. The SMILES string of the molecule is O=C(Nc1nc(C(=O)N2CCSCC2)cs1)c1cccc(Cl)c1. The highest BCUT2D eigenvalue weighted by Gasteiger charge is 2.21. The summed E-state index contributed by atoms with van der Waals surface area (Å²) in [5, 5.41) is 5.28. The molecule has 3 rings (SSSR count). The van der Waals surface area contributed by atoms with Crippen molar-refractivity contribution >= 4 is 51.6 Å². The van der Waals surface area contributed by atoms with E-state index in [9.17, 15) is 9.59 Å². The average molecular weight is 368 g/mol. The minimum absolute atomic E-state index is 0.0789. The largest absolute Gasteiger partial charge is 0.336 e. The summed E-state index contributed by atoms with van der Waals surface area (Å²) in [5.41, 5.74) is 0.830. The van der Waals surface area contributed by atoms with Crippen LogP contribution in [0.2, 0.25) is 5.02 Å². The Morgan fingerprint density at radius 3 is 2.78 bits per heavy atom. The van der Waals surface area contributed by atoms with Gasteiger partial charge in [0.25, 0.3) is 11.8 Å². The molecule has 0 unspecified atom stereocenters. The summed E-state index contributed by atoms with van der Waals surface area (Å²) >= 11 is 8.96. The molecule has 1 fully saturated rings. The number of anilines is 1. The van der Waals surface area contributed by atoms with Crippen LogP contribution in [0.3, 0.4) is 0 Å². The molecule has 2 aromatic rings. The lowest BCUT2D eigenvalue weighted by molar-refractivity contribution is 0.0767. The fraction of sp³-hybridized carbons (Fsp3) is 0.267. The molecule has 120 valence electrons. The Kier molecular flexibility index (Phi) is 5.20. The van der Waals surface area contributed by atoms with Crippen molar-refractivity contribution in [2.45, 2.75) is 0 Å². The molecule has 1 aliphatic heterocycles. The predicted octanol–water partition coefficient (Wildman–Crippen LogP) is 3.24. The number of rotatable bonds is 3. The molecule has 2 heterocycles. The number of thioether (sulfide) groups is 1. The van der Waals surface area contributed by atoms with Gasteiger partial charge in [0.05, 0.1) is 0 Å². The highest BCUT2D eigenvalue weighted by molar-refractivity contribution is 7.99. The highest BCUT2D eigenvalue weighted by Crippen LogP contribution is 2.20. The first-order valence-electron chi connectivity index (χ1n) is 7.03. The van der Waals surface area contributed by atoms with Gasteiger partial charge in [-0.25, -0.2) is 4.98 Å². The smallest absolute Gasteiger partial charge is 0.273 e. The molecule has 1 aromatic carbocycles. The maximum Gasteiger partial charge on any atom is 0.273 e. The van der Waals surface area contributed by atoms with Crippen LogP contribution in [0, 0.1) is 0 Å². The number of amides is 2. The molecular weight excluding hydrogens is 354 g/mol. The number of carbonyl (C=O) groups excluding carboxylic acids is 2. The van der Waals surface area contributed by atoms with E-state index in [1.807, 2.05) is 11.8 Å². The van der Waals surface area contributed by atoms with Gasteiger partial charge in [0.1, 0.15) is 5.69 Å². The second-order valence-corrected chi connectivity index (χ2v) is 7.43. The van der Waals surface area contributed by atoms with Crippen LogP contribution in [0.25, 0.3) is 0 Å². The van der Waals surface area contributed by atoms with Crippen molar-refractivity contribution in [3.05, 3.63) is 45.9 Å². The summed E-state index contributed by atoms with van der Waals surface area (Å²) < 4.78 is 0. The molecule has 0 atom stereocenters.